The number of aryl methyl sites for hydroxylation is 1. The Morgan fingerprint density at radius 3 is 2.62 bits per heavy atom. The van der Waals surface area contributed by atoms with E-state index < -0.39 is 12.1 Å². The molecule has 1 aliphatic carbocycles. The van der Waals surface area contributed by atoms with Crippen molar-refractivity contribution in [1.82, 2.24) is 5.32 Å². The normalized spacial score (nSPS) is 14.9. The molecule has 3 aromatic rings. The minimum atomic E-state index is -0.991. The van der Waals surface area contributed by atoms with Crippen molar-refractivity contribution in [2.75, 3.05) is 18.4 Å². The number of carboxylic acid groups (broad SMARTS) is 1. The van der Waals surface area contributed by atoms with Gasteiger partial charge in [-0.1, -0.05) is 36.7 Å². The lowest BCUT2D eigenvalue weighted by Crippen LogP contribution is -2.37. The highest BCUT2D eigenvalue weighted by molar-refractivity contribution is 6.30. The first-order valence-electron chi connectivity index (χ1n) is 12.0. The van der Waals surface area contributed by atoms with E-state index in [0.717, 1.165) is 43.5 Å². The van der Waals surface area contributed by atoms with Crippen LogP contribution in [0.25, 0.3) is 0 Å². The number of benzene rings is 3. The molecule has 4 N–H and O–H groups in total. The third kappa shape index (κ3) is 8.52. The first-order chi connectivity index (χ1) is 16.9. The Kier molecular flexibility index (Phi) is 12.0. The number of rotatable bonds is 10. The fourth-order valence-corrected chi connectivity index (χ4v) is 4.57. The second-order valence-electron chi connectivity index (χ2n) is 8.93. The summed E-state index contributed by atoms with van der Waals surface area (Å²) in [4.78, 5) is 11.6. The summed E-state index contributed by atoms with van der Waals surface area (Å²) in [5, 5.41) is 27.3. The molecule has 4 rings (SSSR count). The maximum absolute atomic E-state index is 11.6. The standard InChI is InChI=1S/C28H31ClN2O4.2ClH/c1-2-10-30-24-13-21(28(33)34)15-26(16-24)35-25-9-7-18-6-8-23(12-20(18)14-25)31-17-27(32)19-4-3-5-22(29)11-19;;/h3-5,7,9,11,13-16,23,27,30-32H,2,6,8,10,12,17H2,1H3,(H,33,34);2*1H/t23-,27-;;/m0../s1. The van der Waals surface area contributed by atoms with E-state index in [2.05, 4.69) is 23.6 Å². The monoisotopic (exact) mass is 566 g/mol. The van der Waals surface area contributed by atoms with Crippen molar-refractivity contribution in [3.63, 3.8) is 0 Å². The van der Waals surface area contributed by atoms with Crippen LogP contribution in [0, 0.1) is 0 Å². The average molecular weight is 568 g/mol. The Hall–Kier alpha value is -2.48. The number of carbonyl (C=O) groups is 1. The number of aliphatic hydroxyl groups is 1. The number of aromatic carboxylic acids is 1. The van der Waals surface area contributed by atoms with Crippen LogP contribution in [0.5, 0.6) is 11.5 Å². The number of anilines is 1. The summed E-state index contributed by atoms with van der Waals surface area (Å²) >= 11 is 6.05. The van der Waals surface area contributed by atoms with Crippen molar-refractivity contribution in [3.05, 3.63) is 87.9 Å². The molecule has 37 heavy (non-hydrogen) atoms. The van der Waals surface area contributed by atoms with Gasteiger partial charge in [-0.2, -0.15) is 0 Å². The van der Waals surface area contributed by atoms with Crippen LogP contribution < -0.4 is 15.4 Å². The molecule has 0 amide bonds. The zero-order valence-electron chi connectivity index (χ0n) is 20.6. The van der Waals surface area contributed by atoms with Crippen LogP contribution in [-0.2, 0) is 12.8 Å². The van der Waals surface area contributed by atoms with Gasteiger partial charge in [0, 0.05) is 35.9 Å². The van der Waals surface area contributed by atoms with Gasteiger partial charge in [-0.25, -0.2) is 4.79 Å². The van der Waals surface area contributed by atoms with Crippen molar-refractivity contribution >= 4 is 48.1 Å². The largest absolute Gasteiger partial charge is 0.478 e. The van der Waals surface area contributed by atoms with Crippen LogP contribution in [-0.4, -0.2) is 35.3 Å². The van der Waals surface area contributed by atoms with Gasteiger partial charge in [-0.15, -0.1) is 24.8 Å². The van der Waals surface area contributed by atoms with Crippen molar-refractivity contribution in [1.29, 1.82) is 0 Å². The summed E-state index contributed by atoms with van der Waals surface area (Å²) in [6.07, 6.45) is 3.07. The number of aliphatic hydroxyl groups excluding tert-OH is 1. The van der Waals surface area contributed by atoms with Crippen LogP contribution in [0.1, 0.15) is 52.9 Å². The molecule has 0 aliphatic heterocycles. The predicted octanol–water partition coefficient (Wildman–Crippen LogP) is 6.68. The lowest BCUT2D eigenvalue weighted by Gasteiger charge is -2.27. The molecule has 9 heteroatoms. The maximum Gasteiger partial charge on any atom is 0.335 e. The SMILES string of the molecule is CCCNc1cc(Oc2ccc3c(c2)C[C@@H](NC[C@H](O)c2cccc(Cl)c2)CC3)cc(C(=O)O)c1.Cl.Cl. The zero-order chi connectivity index (χ0) is 24.8. The summed E-state index contributed by atoms with van der Waals surface area (Å²) in [6.45, 7) is 3.26. The van der Waals surface area contributed by atoms with E-state index in [-0.39, 0.29) is 36.4 Å². The average Bonchev–Trinajstić information content (AvgIpc) is 2.85. The van der Waals surface area contributed by atoms with E-state index in [1.807, 2.05) is 30.3 Å². The molecule has 6 nitrogen and oxygen atoms in total. The fraction of sp³-hybridized carbons (Fsp3) is 0.321. The number of hydrogen-bond donors (Lipinski definition) is 4. The first kappa shape index (κ1) is 30.7. The minimum Gasteiger partial charge on any atom is -0.478 e. The molecule has 0 bridgehead atoms. The highest BCUT2D eigenvalue weighted by atomic mass is 35.5. The molecule has 0 spiro atoms. The van der Waals surface area contributed by atoms with Crippen LogP contribution >= 0.6 is 36.4 Å². The topological polar surface area (TPSA) is 90.8 Å². The number of nitrogens with one attached hydrogen (secondary N) is 2. The van der Waals surface area contributed by atoms with Gasteiger partial charge in [0.2, 0.25) is 0 Å². The van der Waals surface area contributed by atoms with Crippen LogP contribution in [0.15, 0.2) is 60.7 Å². The molecule has 0 saturated heterocycles. The Labute approximate surface area is 235 Å². The predicted molar refractivity (Wildman–Crippen MR) is 153 cm³/mol. The molecule has 2 atom stereocenters. The third-order valence-corrected chi connectivity index (χ3v) is 6.44. The minimum absolute atomic E-state index is 0. The van der Waals surface area contributed by atoms with Gasteiger partial charge in [-0.05, 0) is 78.8 Å². The van der Waals surface area contributed by atoms with Gasteiger partial charge in [0.25, 0.3) is 0 Å². The molecule has 0 unspecified atom stereocenters. The van der Waals surface area contributed by atoms with E-state index in [0.29, 0.717) is 23.1 Å². The molecule has 200 valence electrons. The summed E-state index contributed by atoms with van der Waals surface area (Å²) < 4.78 is 6.08. The number of carboxylic acids is 1. The van der Waals surface area contributed by atoms with E-state index in [1.165, 1.54) is 11.1 Å². The number of ether oxygens (including phenoxy) is 1. The Morgan fingerprint density at radius 1 is 1.08 bits per heavy atom. The lowest BCUT2D eigenvalue weighted by molar-refractivity contribution is 0.0696. The second-order valence-corrected chi connectivity index (χ2v) is 9.37. The summed E-state index contributed by atoms with van der Waals surface area (Å²) in [6, 6.07) is 18.6. The van der Waals surface area contributed by atoms with Crippen LogP contribution in [0.3, 0.4) is 0 Å². The molecule has 1 aliphatic rings. The van der Waals surface area contributed by atoms with Gasteiger partial charge >= 0.3 is 5.97 Å². The van der Waals surface area contributed by atoms with Gasteiger partial charge < -0.3 is 25.6 Å². The van der Waals surface area contributed by atoms with Crippen molar-refractivity contribution in [2.45, 2.75) is 44.8 Å². The molecule has 0 radical (unpaired) electrons. The highest BCUT2D eigenvalue weighted by Crippen LogP contribution is 2.31. The quantitative estimate of drug-likeness (QED) is 0.219. The molecule has 0 heterocycles. The number of fused-ring (bicyclic) bond motifs is 1. The summed E-state index contributed by atoms with van der Waals surface area (Å²) in [7, 11) is 0. The Morgan fingerprint density at radius 2 is 1.89 bits per heavy atom. The number of hydrogen-bond acceptors (Lipinski definition) is 5. The van der Waals surface area contributed by atoms with Gasteiger partial charge in [0.05, 0.1) is 11.7 Å². The summed E-state index contributed by atoms with van der Waals surface area (Å²) in [5.41, 5.74) is 4.19. The highest BCUT2D eigenvalue weighted by Gasteiger charge is 2.20. The van der Waals surface area contributed by atoms with E-state index in [4.69, 9.17) is 16.3 Å². The first-order valence-corrected chi connectivity index (χ1v) is 12.4. The van der Waals surface area contributed by atoms with Crippen molar-refractivity contribution < 1.29 is 19.7 Å². The summed E-state index contributed by atoms with van der Waals surface area (Å²) in [5.74, 6) is 0.167. The molecule has 0 aromatic heterocycles. The fourth-order valence-electron chi connectivity index (χ4n) is 4.37. The second kappa shape index (κ2) is 14.5. The van der Waals surface area contributed by atoms with Gasteiger partial charge in [-0.3, -0.25) is 0 Å². The van der Waals surface area contributed by atoms with E-state index in [1.54, 1.807) is 24.3 Å². The van der Waals surface area contributed by atoms with E-state index >= 15 is 0 Å². The molecule has 3 aromatic carbocycles. The molecular formula is C28H33Cl3N2O4. The maximum atomic E-state index is 11.6. The van der Waals surface area contributed by atoms with E-state index in [9.17, 15) is 15.0 Å². The van der Waals surface area contributed by atoms with Crippen molar-refractivity contribution in [3.8, 4) is 11.5 Å². The zero-order valence-corrected chi connectivity index (χ0v) is 23.0. The van der Waals surface area contributed by atoms with Crippen molar-refractivity contribution in [2.24, 2.45) is 0 Å². The molecular weight excluding hydrogens is 535 g/mol. The molecule has 0 fully saturated rings. The van der Waals surface area contributed by atoms with Crippen LogP contribution in [0.2, 0.25) is 5.02 Å². The lowest BCUT2D eigenvalue weighted by atomic mass is 9.88. The smallest absolute Gasteiger partial charge is 0.335 e. The molecule has 0 saturated carbocycles. The van der Waals surface area contributed by atoms with Gasteiger partial charge in [0.1, 0.15) is 11.5 Å². The van der Waals surface area contributed by atoms with Gasteiger partial charge in [0.15, 0.2) is 0 Å². The Bertz CT molecular complexity index is 1190. The Balaban J connectivity index is 0.00000241. The third-order valence-electron chi connectivity index (χ3n) is 6.21. The number of halogens is 3. The van der Waals surface area contributed by atoms with Crippen LogP contribution in [0.4, 0.5) is 5.69 Å².